The van der Waals surface area contributed by atoms with Gasteiger partial charge in [-0.1, -0.05) is 12.1 Å². The summed E-state index contributed by atoms with van der Waals surface area (Å²) in [5.74, 6) is -0.620. The second kappa shape index (κ2) is 7.39. The Hall–Kier alpha value is -3.15. The zero-order valence-electron chi connectivity index (χ0n) is 14.7. The Morgan fingerprint density at radius 1 is 1.12 bits per heavy atom. The zero-order chi connectivity index (χ0) is 18.7. The van der Waals surface area contributed by atoms with E-state index in [4.69, 9.17) is 0 Å². The molecule has 5 nitrogen and oxygen atoms in total. The van der Waals surface area contributed by atoms with Gasteiger partial charge in [-0.2, -0.15) is 0 Å². The van der Waals surface area contributed by atoms with E-state index in [0.717, 1.165) is 27.7 Å². The van der Waals surface area contributed by atoms with Crippen molar-refractivity contribution in [2.75, 3.05) is 7.05 Å². The molecule has 6 heteroatoms. The molecule has 0 aliphatic heterocycles. The fourth-order valence-corrected chi connectivity index (χ4v) is 2.92. The van der Waals surface area contributed by atoms with Crippen molar-refractivity contribution in [3.63, 3.8) is 0 Å². The molecule has 0 spiro atoms. The molecule has 2 aromatic carbocycles. The van der Waals surface area contributed by atoms with Crippen LogP contribution in [0.15, 0.2) is 42.5 Å². The van der Waals surface area contributed by atoms with Crippen molar-refractivity contribution in [3.05, 3.63) is 70.7 Å². The maximum Gasteiger partial charge on any atom is 0.251 e. The number of hydrogen-bond donors (Lipinski definition) is 3. The molecule has 26 heavy (non-hydrogen) atoms. The van der Waals surface area contributed by atoms with Crippen LogP contribution in [-0.2, 0) is 17.8 Å². The monoisotopic (exact) mass is 353 g/mol. The molecular weight excluding hydrogens is 333 g/mol. The van der Waals surface area contributed by atoms with Gasteiger partial charge < -0.3 is 15.6 Å². The highest BCUT2D eigenvalue weighted by Gasteiger charge is 2.13. The largest absolute Gasteiger partial charge is 0.358 e. The lowest BCUT2D eigenvalue weighted by molar-refractivity contribution is -0.120. The molecule has 0 fully saturated rings. The maximum atomic E-state index is 13.5. The third-order valence-electron chi connectivity index (χ3n) is 4.35. The zero-order valence-corrected chi connectivity index (χ0v) is 14.7. The highest BCUT2D eigenvalue weighted by atomic mass is 19.1. The van der Waals surface area contributed by atoms with Crippen LogP contribution in [0.2, 0.25) is 0 Å². The molecule has 2 amide bonds. The highest BCUT2D eigenvalue weighted by molar-refractivity contribution is 5.94. The van der Waals surface area contributed by atoms with Gasteiger partial charge in [0.05, 0.1) is 6.42 Å². The molecule has 0 bridgehead atoms. The molecule has 0 saturated carbocycles. The van der Waals surface area contributed by atoms with Crippen LogP contribution in [-0.4, -0.2) is 23.8 Å². The molecule has 0 saturated heterocycles. The second-order valence-corrected chi connectivity index (χ2v) is 6.15. The molecule has 3 N–H and O–H groups in total. The maximum absolute atomic E-state index is 13.5. The summed E-state index contributed by atoms with van der Waals surface area (Å²) in [5, 5.41) is 6.15. The van der Waals surface area contributed by atoms with Crippen molar-refractivity contribution in [1.82, 2.24) is 15.6 Å². The van der Waals surface area contributed by atoms with E-state index >= 15 is 0 Å². The van der Waals surface area contributed by atoms with Gasteiger partial charge >= 0.3 is 0 Å². The summed E-state index contributed by atoms with van der Waals surface area (Å²) >= 11 is 0. The standard InChI is InChI=1S/C20H20FN3O2/c1-12-16(17-9-15(21)7-8-18(17)24-12)10-19(25)23-11-13-3-5-14(6-4-13)20(26)22-2/h3-9,24H,10-11H2,1-2H3,(H,22,26)(H,23,25). The summed E-state index contributed by atoms with van der Waals surface area (Å²) in [6.07, 6.45) is 0.172. The van der Waals surface area contributed by atoms with Crippen LogP contribution in [0.25, 0.3) is 10.9 Å². The fourth-order valence-electron chi connectivity index (χ4n) is 2.92. The van der Waals surface area contributed by atoms with Gasteiger partial charge in [-0.3, -0.25) is 9.59 Å². The quantitative estimate of drug-likeness (QED) is 0.660. The molecule has 0 aliphatic rings. The van der Waals surface area contributed by atoms with Crippen LogP contribution >= 0.6 is 0 Å². The predicted molar refractivity (Wildman–Crippen MR) is 98.4 cm³/mol. The summed E-state index contributed by atoms with van der Waals surface area (Å²) < 4.78 is 13.5. The van der Waals surface area contributed by atoms with Crippen LogP contribution in [0, 0.1) is 12.7 Å². The molecule has 3 aromatic rings. The number of aromatic amines is 1. The van der Waals surface area contributed by atoms with Gasteiger partial charge in [-0.15, -0.1) is 0 Å². The number of carbonyl (C=O) groups excluding carboxylic acids is 2. The van der Waals surface area contributed by atoms with Crippen molar-refractivity contribution in [1.29, 1.82) is 0 Å². The Kier molecular flexibility index (Phi) is 5.02. The first-order valence-corrected chi connectivity index (χ1v) is 8.32. The number of carbonyl (C=O) groups is 2. The topological polar surface area (TPSA) is 74.0 Å². The number of nitrogens with one attached hydrogen (secondary N) is 3. The van der Waals surface area contributed by atoms with Crippen molar-refractivity contribution in [2.45, 2.75) is 19.9 Å². The van der Waals surface area contributed by atoms with Crippen molar-refractivity contribution in [2.24, 2.45) is 0 Å². The molecule has 1 heterocycles. The van der Waals surface area contributed by atoms with Crippen LogP contribution < -0.4 is 10.6 Å². The summed E-state index contributed by atoms with van der Waals surface area (Å²) in [7, 11) is 1.58. The Balaban J connectivity index is 1.65. The normalized spacial score (nSPS) is 10.7. The average molecular weight is 353 g/mol. The van der Waals surface area contributed by atoms with Gasteiger partial charge in [0.2, 0.25) is 5.91 Å². The average Bonchev–Trinajstić information content (AvgIpc) is 2.94. The van der Waals surface area contributed by atoms with E-state index in [-0.39, 0.29) is 24.1 Å². The van der Waals surface area contributed by atoms with Gasteiger partial charge in [0.15, 0.2) is 0 Å². The van der Waals surface area contributed by atoms with Crippen LogP contribution in [0.4, 0.5) is 4.39 Å². The first-order chi connectivity index (χ1) is 12.5. The second-order valence-electron chi connectivity index (χ2n) is 6.15. The van der Waals surface area contributed by atoms with Crippen molar-refractivity contribution < 1.29 is 14.0 Å². The number of fused-ring (bicyclic) bond motifs is 1. The Morgan fingerprint density at radius 2 is 1.85 bits per heavy atom. The van der Waals surface area contributed by atoms with E-state index in [2.05, 4.69) is 15.6 Å². The number of rotatable bonds is 5. The van der Waals surface area contributed by atoms with Crippen molar-refractivity contribution in [3.8, 4) is 0 Å². The van der Waals surface area contributed by atoms with Crippen molar-refractivity contribution >= 4 is 22.7 Å². The van der Waals surface area contributed by atoms with E-state index in [1.165, 1.54) is 12.1 Å². The molecule has 134 valence electrons. The number of aryl methyl sites for hydroxylation is 1. The molecular formula is C20H20FN3O2. The van der Waals surface area contributed by atoms with Crippen LogP contribution in [0.1, 0.15) is 27.2 Å². The lowest BCUT2D eigenvalue weighted by atomic mass is 10.1. The minimum atomic E-state index is -0.325. The first kappa shape index (κ1) is 17.7. The lowest BCUT2D eigenvalue weighted by Crippen LogP contribution is -2.25. The molecule has 1 aromatic heterocycles. The van der Waals surface area contributed by atoms with E-state index in [1.54, 1.807) is 37.4 Å². The van der Waals surface area contributed by atoms with Gasteiger partial charge in [0.1, 0.15) is 5.82 Å². The number of benzene rings is 2. The first-order valence-electron chi connectivity index (χ1n) is 8.32. The third kappa shape index (κ3) is 3.74. The molecule has 3 rings (SSSR count). The number of halogens is 1. The third-order valence-corrected chi connectivity index (χ3v) is 4.35. The minimum Gasteiger partial charge on any atom is -0.358 e. The van der Waals surface area contributed by atoms with E-state index < -0.39 is 0 Å². The number of aromatic nitrogens is 1. The molecule has 0 unspecified atom stereocenters. The van der Waals surface area contributed by atoms with E-state index in [9.17, 15) is 14.0 Å². The summed E-state index contributed by atoms with van der Waals surface area (Å²) in [6.45, 7) is 2.24. The molecule has 0 radical (unpaired) electrons. The summed E-state index contributed by atoms with van der Waals surface area (Å²) in [5.41, 5.74) is 3.94. The number of H-pyrrole nitrogens is 1. The number of hydrogen-bond acceptors (Lipinski definition) is 2. The fraction of sp³-hybridized carbons (Fsp3) is 0.200. The van der Waals surface area contributed by atoms with E-state index in [1.807, 2.05) is 6.92 Å². The van der Waals surface area contributed by atoms with Gasteiger partial charge in [-0.25, -0.2) is 4.39 Å². The van der Waals surface area contributed by atoms with Gasteiger partial charge in [0, 0.05) is 35.8 Å². The predicted octanol–water partition coefficient (Wildman–Crippen LogP) is 2.83. The Bertz CT molecular complexity index is 961. The SMILES string of the molecule is CNC(=O)c1ccc(CNC(=O)Cc2c(C)[nH]c3ccc(F)cc23)cc1. The highest BCUT2D eigenvalue weighted by Crippen LogP contribution is 2.23. The molecule has 0 atom stereocenters. The summed E-state index contributed by atoms with van der Waals surface area (Å²) in [6, 6.07) is 11.5. The van der Waals surface area contributed by atoms with Gasteiger partial charge in [0.25, 0.3) is 5.91 Å². The minimum absolute atomic E-state index is 0.145. The Morgan fingerprint density at radius 3 is 2.54 bits per heavy atom. The Labute approximate surface area is 150 Å². The number of amides is 2. The van der Waals surface area contributed by atoms with E-state index in [0.29, 0.717) is 12.1 Å². The smallest absolute Gasteiger partial charge is 0.251 e. The molecule has 0 aliphatic carbocycles. The summed E-state index contributed by atoms with van der Waals surface area (Å²) in [4.78, 5) is 27.0. The van der Waals surface area contributed by atoms with Crippen LogP contribution in [0.5, 0.6) is 0 Å². The van der Waals surface area contributed by atoms with Gasteiger partial charge in [-0.05, 0) is 48.4 Å². The lowest BCUT2D eigenvalue weighted by Gasteiger charge is -2.07. The van der Waals surface area contributed by atoms with Crippen LogP contribution in [0.3, 0.4) is 0 Å².